The number of rotatable bonds is 2. The molecule has 0 bridgehead atoms. The summed E-state index contributed by atoms with van der Waals surface area (Å²) in [7, 11) is 0. The molecule has 0 saturated carbocycles. The van der Waals surface area contributed by atoms with Gasteiger partial charge in [0.1, 0.15) is 11.5 Å². The van der Waals surface area contributed by atoms with E-state index in [1.807, 2.05) is 23.1 Å². The Morgan fingerprint density at radius 1 is 1.12 bits per heavy atom. The number of anilines is 2. The van der Waals surface area contributed by atoms with Crippen LogP contribution < -0.4 is 4.90 Å². The van der Waals surface area contributed by atoms with Gasteiger partial charge in [0.15, 0.2) is 0 Å². The number of benzene rings is 1. The van der Waals surface area contributed by atoms with Crippen LogP contribution in [0.1, 0.15) is 23.0 Å². The summed E-state index contributed by atoms with van der Waals surface area (Å²) in [6.07, 6.45) is 0.999. The van der Waals surface area contributed by atoms with Crippen LogP contribution in [0.5, 0.6) is 0 Å². The fourth-order valence-electron chi connectivity index (χ4n) is 3.52. The highest BCUT2D eigenvalue weighted by molar-refractivity contribution is 5.93. The molecule has 1 unspecified atom stereocenters. The van der Waals surface area contributed by atoms with Crippen molar-refractivity contribution in [2.24, 2.45) is 0 Å². The highest BCUT2D eigenvalue weighted by Gasteiger charge is 2.28. The maximum absolute atomic E-state index is 12.7. The van der Waals surface area contributed by atoms with Crippen molar-refractivity contribution in [3.63, 3.8) is 0 Å². The van der Waals surface area contributed by atoms with Crippen LogP contribution in [0.2, 0.25) is 0 Å². The van der Waals surface area contributed by atoms with Gasteiger partial charge < -0.3 is 14.5 Å². The van der Waals surface area contributed by atoms with E-state index in [1.165, 1.54) is 11.3 Å². The summed E-state index contributed by atoms with van der Waals surface area (Å²) in [5, 5.41) is 0. The molecule has 4 rings (SSSR count). The van der Waals surface area contributed by atoms with E-state index in [1.54, 1.807) is 6.07 Å². The summed E-state index contributed by atoms with van der Waals surface area (Å²) in [5.41, 5.74) is 3.02. The van der Waals surface area contributed by atoms with Crippen molar-refractivity contribution in [3.8, 4) is 0 Å². The lowest BCUT2D eigenvalue weighted by Gasteiger charge is -2.27. The molecule has 2 aliphatic heterocycles. The molecule has 24 heavy (non-hydrogen) atoms. The number of carbonyl (C=O) groups is 1. The Morgan fingerprint density at radius 3 is 2.75 bits per heavy atom. The smallest absolute Gasteiger partial charge is 0.272 e. The Kier molecular flexibility index (Phi) is 3.94. The summed E-state index contributed by atoms with van der Waals surface area (Å²) >= 11 is 0. The van der Waals surface area contributed by atoms with Crippen molar-refractivity contribution in [1.82, 2.24) is 9.88 Å². The van der Waals surface area contributed by atoms with Gasteiger partial charge in [0, 0.05) is 24.8 Å². The van der Waals surface area contributed by atoms with Crippen molar-refractivity contribution in [1.29, 1.82) is 0 Å². The maximum Gasteiger partial charge on any atom is 0.272 e. The topological polar surface area (TPSA) is 45.7 Å². The zero-order valence-electron chi connectivity index (χ0n) is 13.8. The molecule has 5 nitrogen and oxygen atoms in total. The van der Waals surface area contributed by atoms with Crippen molar-refractivity contribution in [2.75, 3.05) is 31.2 Å². The minimum Gasteiger partial charge on any atom is -0.378 e. The third kappa shape index (κ3) is 2.65. The third-order valence-corrected chi connectivity index (χ3v) is 4.71. The van der Waals surface area contributed by atoms with Crippen LogP contribution in [-0.2, 0) is 11.2 Å². The van der Waals surface area contributed by atoms with Crippen LogP contribution in [0.15, 0.2) is 42.5 Å². The van der Waals surface area contributed by atoms with Gasteiger partial charge in [0.05, 0.1) is 13.2 Å². The highest BCUT2D eigenvalue weighted by Crippen LogP contribution is 2.37. The van der Waals surface area contributed by atoms with Gasteiger partial charge in [0.2, 0.25) is 0 Å². The predicted molar refractivity (Wildman–Crippen MR) is 92.7 cm³/mol. The van der Waals surface area contributed by atoms with E-state index in [0.717, 1.165) is 12.2 Å². The summed E-state index contributed by atoms with van der Waals surface area (Å²) in [6, 6.07) is 14.4. The number of nitrogens with zero attached hydrogens (tertiary/aromatic N) is 3. The van der Waals surface area contributed by atoms with Gasteiger partial charge in [-0.05, 0) is 37.1 Å². The third-order valence-electron chi connectivity index (χ3n) is 4.71. The SMILES string of the molecule is CC1Cc2ccccc2N1c1cccc(C(=O)N2CCOCC2)n1. The fraction of sp³-hybridized carbons (Fsp3) is 0.368. The number of fused-ring (bicyclic) bond motifs is 1. The molecule has 1 saturated heterocycles. The molecular weight excluding hydrogens is 302 g/mol. The molecule has 1 aromatic carbocycles. The molecule has 1 atom stereocenters. The number of hydrogen-bond acceptors (Lipinski definition) is 4. The van der Waals surface area contributed by atoms with Crippen molar-refractivity contribution in [2.45, 2.75) is 19.4 Å². The molecule has 0 N–H and O–H groups in total. The van der Waals surface area contributed by atoms with E-state index in [2.05, 4.69) is 35.0 Å². The number of hydrogen-bond donors (Lipinski definition) is 0. The first kappa shape index (κ1) is 15.1. The predicted octanol–water partition coefficient (Wildman–Crippen LogP) is 2.64. The molecule has 2 aliphatic rings. The van der Waals surface area contributed by atoms with Gasteiger partial charge in [-0.1, -0.05) is 24.3 Å². The minimum absolute atomic E-state index is 0.0136. The second kappa shape index (κ2) is 6.24. The number of aromatic nitrogens is 1. The lowest BCUT2D eigenvalue weighted by atomic mass is 10.1. The van der Waals surface area contributed by atoms with Crippen LogP contribution in [0.25, 0.3) is 0 Å². The Bertz CT molecular complexity index is 756. The molecular formula is C19H21N3O2. The normalized spacial score (nSPS) is 20.1. The van der Waals surface area contributed by atoms with Crippen molar-refractivity contribution >= 4 is 17.4 Å². The molecule has 0 spiro atoms. The van der Waals surface area contributed by atoms with Gasteiger partial charge in [-0.3, -0.25) is 4.79 Å². The summed E-state index contributed by atoms with van der Waals surface area (Å²) in [5.74, 6) is 0.826. The molecule has 3 heterocycles. The first-order valence-electron chi connectivity index (χ1n) is 8.45. The average molecular weight is 323 g/mol. The van der Waals surface area contributed by atoms with Crippen LogP contribution >= 0.6 is 0 Å². The lowest BCUT2D eigenvalue weighted by molar-refractivity contribution is 0.0299. The number of para-hydroxylation sites is 1. The fourth-order valence-corrected chi connectivity index (χ4v) is 3.52. The lowest BCUT2D eigenvalue weighted by Crippen LogP contribution is -2.41. The van der Waals surface area contributed by atoms with Crippen molar-refractivity contribution < 1.29 is 9.53 Å². The first-order valence-corrected chi connectivity index (χ1v) is 8.45. The summed E-state index contributed by atoms with van der Waals surface area (Å²) in [6.45, 7) is 4.66. The molecule has 1 fully saturated rings. The van der Waals surface area contributed by atoms with E-state index >= 15 is 0 Å². The van der Waals surface area contributed by atoms with E-state index in [0.29, 0.717) is 38.0 Å². The first-order chi connectivity index (χ1) is 11.7. The standard InChI is InChI=1S/C19H21N3O2/c1-14-13-15-5-2-3-7-17(15)22(14)18-8-4-6-16(20-18)19(23)21-9-11-24-12-10-21/h2-8,14H,9-13H2,1H3. The van der Waals surface area contributed by atoms with Gasteiger partial charge >= 0.3 is 0 Å². The summed E-state index contributed by atoms with van der Waals surface area (Å²) < 4.78 is 5.32. The van der Waals surface area contributed by atoms with Crippen molar-refractivity contribution in [3.05, 3.63) is 53.7 Å². The number of amides is 1. The molecule has 0 radical (unpaired) electrons. The number of pyridine rings is 1. The largest absolute Gasteiger partial charge is 0.378 e. The van der Waals surface area contributed by atoms with Gasteiger partial charge in [-0.2, -0.15) is 0 Å². The molecule has 5 heteroatoms. The minimum atomic E-state index is -0.0136. The second-order valence-electron chi connectivity index (χ2n) is 6.34. The Hall–Kier alpha value is -2.40. The number of morpholine rings is 1. The van der Waals surface area contributed by atoms with E-state index in [-0.39, 0.29) is 5.91 Å². The van der Waals surface area contributed by atoms with Gasteiger partial charge in [-0.25, -0.2) is 4.98 Å². The Labute approximate surface area is 141 Å². The average Bonchev–Trinajstić information content (AvgIpc) is 2.97. The quantitative estimate of drug-likeness (QED) is 0.852. The Balaban J connectivity index is 1.64. The van der Waals surface area contributed by atoms with E-state index in [4.69, 9.17) is 4.74 Å². The van der Waals surface area contributed by atoms with Gasteiger partial charge in [0.25, 0.3) is 5.91 Å². The van der Waals surface area contributed by atoms with Crippen LogP contribution in [0.3, 0.4) is 0 Å². The maximum atomic E-state index is 12.7. The second-order valence-corrected chi connectivity index (χ2v) is 6.34. The number of carbonyl (C=O) groups excluding carboxylic acids is 1. The summed E-state index contributed by atoms with van der Waals surface area (Å²) in [4.78, 5) is 21.4. The monoisotopic (exact) mass is 323 g/mol. The molecule has 1 amide bonds. The Morgan fingerprint density at radius 2 is 1.92 bits per heavy atom. The molecule has 0 aliphatic carbocycles. The zero-order chi connectivity index (χ0) is 16.5. The van der Waals surface area contributed by atoms with Crippen LogP contribution in [0.4, 0.5) is 11.5 Å². The van der Waals surface area contributed by atoms with E-state index in [9.17, 15) is 4.79 Å². The van der Waals surface area contributed by atoms with Crippen LogP contribution in [-0.4, -0.2) is 48.1 Å². The molecule has 2 aromatic rings. The molecule has 1 aromatic heterocycles. The molecule has 124 valence electrons. The highest BCUT2D eigenvalue weighted by atomic mass is 16.5. The number of ether oxygens (including phenoxy) is 1. The van der Waals surface area contributed by atoms with Gasteiger partial charge in [-0.15, -0.1) is 0 Å². The zero-order valence-corrected chi connectivity index (χ0v) is 13.8. The van der Waals surface area contributed by atoms with E-state index < -0.39 is 0 Å². The van der Waals surface area contributed by atoms with Crippen LogP contribution in [0, 0.1) is 0 Å².